The van der Waals surface area contributed by atoms with E-state index in [1.807, 2.05) is 6.92 Å². The first-order valence-corrected chi connectivity index (χ1v) is 8.77. The summed E-state index contributed by atoms with van der Waals surface area (Å²) < 4.78 is 19.3. The van der Waals surface area contributed by atoms with Crippen LogP contribution in [0.15, 0.2) is 22.6 Å². The predicted octanol–water partition coefficient (Wildman–Crippen LogP) is 5.28. The van der Waals surface area contributed by atoms with Gasteiger partial charge in [0.15, 0.2) is 5.76 Å². The van der Waals surface area contributed by atoms with Gasteiger partial charge in [0.1, 0.15) is 11.4 Å². The number of hydrogen-bond acceptors (Lipinski definition) is 2. The van der Waals surface area contributed by atoms with Crippen molar-refractivity contribution in [3.63, 3.8) is 0 Å². The molecule has 0 radical (unpaired) electrons. The fraction of sp³-hybridized carbons (Fsp3) is 0.550. The second-order valence-corrected chi connectivity index (χ2v) is 8.22. The number of hydrogen-bond donors (Lipinski definition) is 0. The number of carbonyl (C=O) groups excluding carboxylic acids is 1. The van der Waals surface area contributed by atoms with E-state index in [2.05, 4.69) is 0 Å². The lowest BCUT2D eigenvalue weighted by atomic mass is 9.48. The topological polar surface area (TPSA) is 30.2 Å². The van der Waals surface area contributed by atoms with E-state index in [0.717, 1.165) is 48.0 Å². The fourth-order valence-electron chi connectivity index (χ4n) is 6.05. The Kier molecular flexibility index (Phi) is 2.67. The second-order valence-electron chi connectivity index (χ2n) is 8.22. The molecule has 0 amide bonds. The van der Waals surface area contributed by atoms with Crippen molar-refractivity contribution in [2.75, 3.05) is 0 Å². The fourth-order valence-corrected chi connectivity index (χ4v) is 6.05. The SMILES string of the molecule is Cc1c(C(=O)C23CC4CC(CC(C4)C2)C3)oc2cc(F)ccc12. The molecule has 0 aliphatic heterocycles. The minimum atomic E-state index is -0.319. The molecule has 4 bridgehead atoms. The molecule has 4 aliphatic carbocycles. The van der Waals surface area contributed by atoms with Crippen LogP contribution in [0.1, 0.15) is 54.6 Å². The molecule has 1 aromatic heterocycles. The van der Waals surface area contributed by atoms with Gasteiger partial charge in [0, 0.05) is 22.4 Å². The van der Waals surface area contributed by atoms with Gasteiger partial charge in [-0.15, -0.1) is 0 Å². The van der Waals surface area contributed by atoms with Gasteiger partial charge in [0.25, 0.3) is 0 Å². The van der Waals surface area contributed by atoms with Crippen molar-refractivity contribution in [3.8, 4) is 0 Å². The van der Waals surface area contributed by atoms with Crippen LogP contribution in [-0.4, -0.2) is 5.78 Å². The van der Waals surface area contributed by atoms with Crippen molar-refractivity contribution in [1.29, 1.82) is 0 Å². The summed E-state index contributed by atoms with van der Waals surface area (Å²) in [6, 6.07) is 4.54. The number of fused-ring (bicyclic) bond motifs is 1. The Morgan fingerprint density at radius 3 is 2.35 bits per heavy atom. The van der Waals surface area contributed by atoms with E-state index in [4.69, 9.17) is 4.42 Å². The molecule has 1 aromatic carbocycles. The van der Waals surface area contributed by atoms with Crippen LogP contribution < -0.4 is 0 Å². The van der Waals surface area contributed by atoms with Crippen LogP contribution >= 0.6 is 0 Å². The molecule has 4 saturated carbocycles. The van der Waals surface area contributed by atoms with Crippen LogP contribution in [0.2, 0.25) is 0 Å². The van der Waals surface area contributed by atoms with Crippen molar-refractivity contribution < 1.29 is 13.6 Å². The molecule has 2 aromatic rings. The standard InChI is InChI=1S/C20H21FO2/c1-11-16-3-2-15(21)7-17(16)23-18(11)19(22)20-8-12-4-13(9-20)6-14(5-12)10-20/h2-3,7,12-14H,4-6,8-10H2,1H3. The molecule has 1 heterocycles. The summed E-state index contributed by atoms with van der Waals surface area (Å²) in [5.41, 5.74) is 1.17. The third-order valence-corrected chi connectivity index (χ3v) is 6.63. The Morgan fingerprint density at radius 2 is 1.74 bits per heavy atom. The van der Waals surface area contributed by atoms with Crippen LogP contribution in [0.4, 0.5) is 4.39 Å². The number of halogens is 1. The van der Waals surface area contributed by atoms with Gasteiger partial charge in [-0.05, 0) is 75.3 Å². The van der Waals surface area contributed by atoms with E-state index >= 15 is 0 Å². The summed E-state index contributed by atoms with van der Waals surface area (Å²) in [6.45, 7) is 1.93. The monoisotopic (exact) mass is 312 g/mol. The highest BCUT2D eigenvalue weighted by Gasteiger charge is 2.55. The first-order valence-electron chi connectivity index (χ1n) is 8.77. The molecule has 4 fully saturated rings. The maximum absolute atomic E-state index is 13.4. The molecule has 0 saturated heterocycles. The average molecular weight is 312 g/mol. The van der Waals surface area contributed by atoms with Gasteiger partial charge >= 0.3 is 0 Å². The van der Waals surface area contributed by atoms with Crippen molar-refractivity contribution in [2.24, 2.45) is 23.2 Å². The Morgan fingerprint density at radius 1 is 1.13 bits per heavy atom. The maximum Gasteiger partial charge on any atom is 0.204 e. The highest BCUT2D eigenvalue weighted by molar-refractivity contribution is 6.03. The lowest BCUT2D eigenvalue weighted by Gasteiger charge is -2.55. The number of Topliss-reactive ketones (excluding diaryl/α,β-unsaturated/α-hetero) is 1. The summed E-state index contributed by atoms with van der Waals surface area (Å²) in [5.74, 6) is 2.53. The van der Waals surface area contributed by atoms with Gasteiger partial charge in [-0.25, -0.2) is 4.39 Å². The molecule has 0 unspecified atom stereocenters. The zero-order valence-electron chi connectivity index (χ0n) is 13.4. The van der Waals surface area contributed by atoms with E-state index in [-0.39, 0.29) is 17.0 Å². The van der Waals surface area contributed by atoms with E-state index in [1.165, 1.54) is 31.4 Å². The Labute approximate surface area is 135 Å². The normalized spacial score (nSPS) is 35.1. The first-order chi connectivity index (χ1) is 11.0. The second kappa shape index (κ2) is 4.46. The molecule has 6 rings (SSSR count). The Balaban J connectivity index is 1.59. The van der Waals surface area contributed by atoms with Crippen LogP contribution in [0.25, 0.3) is 11.0 Å². The zero-order chi connectivity index (χ0) is 15.8. The molecule has 4 aliphatic rings. The summed E-state index contributed by atoms with van der Waals surface area (Å²) in [6.07, 6.45) is 7.04. The lowest BCUT2D eigenvalue weighted by Crippen LogP contribution is -2.50. The minimum absolute atomic E-state index is 0.186. The molecular formula is C20H21FO2. The van der Waals surface area contributed by atoms with Gasteiger partial charge in [-0.3, -0.25) is 4.79 Å². The van der Waals surface area contributed by atoms with E-state index in [9.17, 15) is 9.18 Å². The summed E-state index contributed by atoms with van der Waals surface area (Å²) in [7, 11) is 0. The molecule has 0 N–H and O–H groups in total. The van der Waals surface area contributed by atoms with Crippen molar-refractivity contribution in [3.05, 3.63) is 35.3 Å². The van der Waals surface area contributed by atoms with Gasteiger partial charge in [-0.1, -0.05) is 0 Å². The smallest absolute Gasteiger partial charge is 0.204 e. The zero-order valence-corrected chi connectivity index (χ0v) is 13.4. The van der Waals surface area contributed by atoms with E-state index in [0.29, 0.717) is 11.3 Å². The molecule has 0 spiro atoms. The molecular weight excluding hydrogens is 291 g/mol. The third-order valence-electron chi connectivity index (χ3n) is 6.63. The van der Waals surface area contributed by atoms with Crippen LogP contribution in [0, 0.1) is 35.9 Å². The number of carbonyl (C=O) groups is 1. The lowest BCUT2D eigenvalue weighted by molar-refractivity contribution is -0.0364. The molecule has 0 atom stereocenters. The summed E-state index contributed by atoms with van der Waals surface area (Å²) in [4.78, 5) is 13.4. The van der Waals surface area contributed by atoms with Gasteiger partial charge in [-0.2, -0.15) is 0 Å². The predicted molar refractivity (Wildman–Crippen MR) is 85.8 cm³/mol. The summed E-state index contributed by atoms with van der Waals surface area (Å²) >= 11 is 0. The average Bonchev–Trinajstić information content (AvgIpc) is 2.81. The van der Waals surface area contributed by atoms with Gasteiger partial charge in [0.05, 0.1) is 0 Å². The highest BCUT2D eigenvalue weighted by atomic mass is 19.1. The van der Waals surface area contributed by atoms with Crippen molar-refractivity contribution >= 4 is 16.8 Å². The molecule has 23 heavy (non-hydrogen) atoms. The van der Waals surface area contributed by atoms with Crippen LogP contribution in [-0.2, 0) is 0 Å². The highest BCUT2D eigenvalue weighted by Crippen LogP contribution is 2.61. The number of benzene rings is 1. The molecule has 120 valence electrons. The Bertz CT molecular complexity index is 781. The summed E-state index contributed by atoms with van der Waals surface area (Å²) in [5, 5.41) is 0.861. The van der Waals surface area contributed by atoms with E-state index < -0.39 is 0 Å². The van der Waals surface area contributed by atoms with Crippen LogP contribution in [0.5, 0.6) is 0 Å². The van der Waals surface area contributed by atoms with Crippen molar-refractivity contribution in [1.82, 2.24) is 0 Å². The van der Waals surface area contributed by atoms with E-state index in [1.54, 1.807) is 6.07 Å². The van der Waals surface area contributed by atoms with Crippen molar-refractivity contribution in [2.45, 2.75) is 45.4 Å². The van der Waals surface area contributed by atoms with Gasteiger partial charge < -0.3 is 4.42 Å². The quantitative estimate of drug-likeness (QED) is 0.706. The number of ketones is 1. The van der Waals surface area contributed by atoms with Gasteiger partial charge in [0.2, 0.25) is 5.78 Å². The molecule has 2 nitrogen and oxygen atoms in total. The first kappa shape index (κ1) is 13.8. The number of aryl methyl sites for hydroxylation is 1. The molecule has 3 heteroatoms. The number of rotatable bonds is 2. The third kappa shape index (κ3) is 1.88. The minimum Gasteiger partial charge on any atom is -0.453 e. The Hall–Kier alpha value is -1.64. The van der Waals surface area contributed by atoms with Crippen LogP contribution in [0.3, 0.4) is 0 Å². The maximum atomic E-state index is 13.4. The largest absolute Gasteiger partial charge is 0.453 e. The number of furan rings is 1.